The Morgan fingerprint density at radius 2 is 1.97 bits per heavy atom. The Balaban J connectivity index is 1.45. The molecule has 11 heteroatoms. The lowest BCUT2D eigenvalue weighted by molar-refractivity contribution is 0.0225. The molecule has 31 heavy (non-hydrogen) atoms. The van der Waals surface area contributed by atoms with E-state index in [-0.39, 0.29) is 12.0 Å². The first kappa shape index (κ1) is 22.2. The zero-order valence-electron chi connectivity index (χ0n) is 17.4. The third-order valence-corrected chi connectivity index (χ3v) is 7.94. The van der Waals surface area contributed by atoms with Crippen LogP contribution in [0.1, 0.15) is 46.7 Å². The molecule has 1 aliphatic rings. The molecule has 0 unspecified atom stereocenters. The van der Waals surface area contributed by atoms with Crippen molar-refractivity contribution < 1.29 is 14.3 Å². The minimum Gasteiger partial charge on any atom is -0.444 e. The number of hydrogen-bond acceptors (Lipinski definition) is 8. The van der Waals surface area contributed by atoms with Crippen molar-refractivity contribution in [3.8, 4) is 9.88 Å². The summed E-state index contributed by atoms with van der Waals surface area (Å²) in [7, 11) is 0. The monoisotopic (exact) mass is 496 g/mol. The maximum atomic E-state index is 12.8. The van der Waals surface area contributed by atoms with Crippen LogP contribution in [0.4, 0.5) is 9.93 Å². The Labute approximate surface area is 197 Å². The van der Waals surface area contributed by atoms with Crippen LogP contribution in [0, 0.1) is 6.92 Å². The standard InChI is InChI=1S/C20H21ClN4O3S3/c1-10-15(31-17(22-10)12-5-6-14(21)29-12)16(26)24-18-23-11-7-8-25(9-13(11)30-18)19(27)28-20(2,3)4/h5-6H,7-9H2,1-4H3,(H,23,24,26). The number of halogens is 1. The maximum absolute atomic E-state index is 12.8. The lowest BCUT2D eigenvalue weighted by atomic mass is 10.2. The van der Waals surface area contributed by atoms with Crippen LogP contribution in [0.5, 0.6) is 0 Å². The van der Waals surface area contributed by atoms with Gasteiger partial charge in [-0.3, -0.25) is 10.1 Å². The molecule has 1 N–H and O–H groups in total. The average Bonchev–Trinajstić information content (AvgIpc) is 3.37. The molecule has 0 saturated carbocycles. The number of nitrogens with zero attached hydrogens (tertiary/aromatic N) is 3. The van der Waals surface area contributed by atoms with Gasteiger partial charge in [-0.25, -0.2) is 14.8 Å². The van der Waals surface area contributed by atoms with Crippen LogP contribution >= 0.6 is 45.6 Å². The van der Waals surface area contributed by atoms with Crippen LogP contribution in [0.2, 0.25) is 4.34 Å². The normalized spacial score (nSPS) is 13.8. The van der Waals surface area contributed by atoms with Crippen LogP contribution in [0.25, 0.3) is 9.88 Å². The Kier molecular flexibility index (Phi) is 6.08. The second kappa shape index (κ2) is 8.50. The Morgan fingerprint density at radius 1 is 1.19 bits per heavy atom. The number of rotatable bonds is 3. The van der Waals surface area contributed by atoms with Crippen molar-refractivity contribution in [3.05, 3.63) is 37.6 Å². The van der Waals surface area contributed by atoms with Gasteiger partial charge in [-0.2, -0.15) is 0 Å². The lowest BCUT2D eigenvalue weighted by Gasteiger charge is -2.29. The van der Waals surface area contributed by atoms with Gasteiger partial charge >= 0.3 is 6.09 Å². The van der Waals surface area contributed by atoms with E-state index < -0.39 is 5.60 Å². The minimum absolute atomic E-state index is 0.237. The van der Waals surface area contributed by atoms with E-state index in [1.165, 1.54) is 34.0 Å². The fourth-order valence-electron chi connectivity index (χ4n) is 3.03. The molecule has 0 aromatic carbocycles. The number of thiazole rings is 2. The van der Waals surface area contributed by atoms with E-state index in [0.29, 0.717) is 39.5 Å². The predicted octanol–water partition coefficient (Wildman–Crippen LogP) is 5.84. The summed E-state index contributed by atoms with van der Waals surface area (Å²) in [6.07, 6.45) is 0.294. The van der Waals surface area contributed by atoms with E-state index >= 15 is 0 Å². The molecule has 0 fully saturated rings. The highest BCUT2D eigenvalue weighted by atomic mass is 35.5. The summed E-state index contributed by atoms with van der Waals surface area (Å²) in [5.74, 6) is -0.237. The van der Waals surface area contributed by atoms with Gasteiger partial charge < -0.3 is 9.64 Å². The molecule has 7 nitrogen and oxygen atoms in total. The molecule has 0 bridgehead atoms. The molecule has 0 atom stereocenters. The molecule has 0 spiro atoms. The zero-order chi connectivity index (χ0) is 22.3. The summed E-state index contributed by atoms with van der Waals surface area (Å²) in [6, 6.07) is 3.72. The number of nitrogens with one attached hydrogen (secondary N) is 1. The van der Waals surface area contributed by atoms with Crippen molar-refractivity contribution in [2.75, 3.05) is 11.9 Å². The van der Waals surface area contributed by atoms with E-state index in [9.17, 15) is 9.59 Å². The van der Waals surface area contributed by atoms with Gasteiger partial charge in [-0.15, -0.1) is 22.7 Å². The van der Waals surface area contributed by atoms with Gasteiger partial charge in [0.15, 0.2) is 5.13 Å². The molecule has 1 aliphatic heterocycles. The first-order valence-corrected chi connectivity index (χ1v) is 12.4. The van der Waals surface area contributed by atoms with Gasteiger partial charge in [-0.05, 0) is 39.8 Å². The number of amides is 2. The summed E-state index contributed by atoms with van der Waals surface area (Å²) in [5.41, 5.74) is 1.04. The summed E-state index contributed by atoms with van der Waals surface area (Å²) >= 11 is 10.2. The van der Waals surface area contributed by atoms with Gasteiger partial charge in [0.25, 0.3) is 5.91 Å². The largest absolute Gasteiger partial charge is 0.444 e. The fourth-order valence-corrected chi connectivity index (χ4v) is 6.10. The number of fused-ring (bicyclic) bond motifs is 1. The number of ether oxygens (including phenoxy) is 1. The summed E-state index contributed by atoms with van der Waals surface area (Å²) in [4.78, 5) is 38.4. The quantitative estimate of drug-likeness (QED) is 0.492. The van der Waals surface area contributed by atoms with Crippen LogP contribution in [-0.4, -0.2) is 39.0 Å². The molecular weight excluding hydrogens is 476 g/mol. The van der Waals surface area contributed by atoms with Gasteiger partial charge in [0.2, 0.25) is 0 Å². The van der Waals surface area contributed by atoms with Crippen molar-refractivity contribution in [1.82, 2.24) is 14.9 Å². The van der Waals surface area contributed by atoms with Crippen LogP contribution in [0.3, 0.4) is 0 Å². The molecule has 3 aromatic rings. The number of carbonyl (C=O) groups is 2. The second-order valence-electron chi connectivity index (χ2n) is 8.03. The minimum atomic E-state index is -0.538. The van der Waals surface area contributed by atoms with Crippen molar-refractivity contribution in [3.63, 3.8) is 0 Å². The first-order chi connectivity index (χ1) is 14.6. The van der Waals surface area contributed by atoms with E-state index in [4.69, 9.17) is 16.3 Å². The third kappa shape index (κ3) is 5.08. The Bertz CT molecular complexity index is 1150. The molecule has 0 aliphatic carbocycles. The summed E-state index contributed by atoms with van der Waals surface area (Å²) in [5, 5.41) is 4.18. The van der Waals surface area contributed by atoms with Crippen molar-refractivity contribution >= 4 is 62.7 Å². The number of carbonyl (C=O) groups excluding carboxylic acids is 2. The van der Waals surface area contributed by atoms with E-state index in [1.54, 1.807) is 4.90 Å². The molecule has 0 radical (unpaired) electrons. The van der Waals surface area contributed by atoms with Gasteiger partial charge in [0.1, 0.15) is 15.5 Å². The van der Waals surface area contributed by atoms with Crippen molar-refractivity contribution in [2.24, 2.45) is 0 Å². The van der Waals surface area contributed by atoms with Crippen LogP contribution in [0.15, 0.2) is 12.1 Å². The Morgan fingerprint density at radius 3 is 2.65 bits per heavy atom. The van der Waals surface area contributed by atoms with Crippen LogP contribution in [-0.2, 0) is 17.7 Å². The fraction of sp³-hybridized carbons (Fsp3) is 0.400. The van der Waals surface area contributed by atoms with E-state index in [2.05, 4.69) is 15.3 Å². The second-order valence-corrected chi connectivity index (χ2v) is 11.8. The van der Waals surface area contributed by atoms with E-state index in [0.717, 1.165) is 20.5 Å². The number of hydrogen-bond donors (Lipinski definition) is 1. The SMILES string of the molecule is Cc1nc(-c2ccc(Cl)s2)sc1C(=O)Nc1nc2c(s1)CN(C(=O)OC(C)(C)C)CC2. The van der Waals surface area contributed by atoms with Crippen LogP contribution < -0.4 is 5.32 Å². The Hall–Kier alpha value is -2.01. The predicted molar refractivity (Wildman–Crippen MR) is 126 cm³/mol. The number of thiophene rings is 1. The smallest absolute Gasteiger partial charge is 0.410 e. The number of aryl methyl sites for hydroxylation is 1. The topological polar surface area (TPSA) is 84.4 Å². The number of aromatic nitrogens is 2. The molecule has 4 rings (SSSR count). The van der Waals surface area contributed by atoms with Crippen molar-refractivity contribution in [2.45, 2.75) is 46.3 Å². The summed E-state index contributed by atoms with van der Waals surface area (Å²) in [6.45, 7) is 8.33. The molecule has 4 heterocycles. The highest BCUT2D eigenvalue weighted by Crippen LogP contribution is 2.35. The average molecular weight is 497 g/mol. The van der Waals surface area contributed by atoms with Gasteiger partial charge in [0.05, 0.1) is 27.1 Å². The van der Waals surface area contributed by atoms with Gasteiger partial charge in [-0.1, -0.05) is 22.9 Å². The highest BCUT2D eigenvalue weighted by molar-refractivity contribution is 7.24. The summed E-state index contributed by atoms with van der Waals surface area (Å²) < 4.78 is 6.15. The number of anilines is 1. The molecule has 164 valence electrons. The highest BCUT2D eigenvalue weighted by Gasteiger charge is 2.28. The zero-order valence-corrected chi connectivity index (χ0v) is 20.7. The lowest BCUT2D eigenvalue weighted by Crippen LogP contribution is -2.39. The first-order valence-electron chi connectivity index (χ1n) is 9.60. The molecule has 0 saturated heterocycles. The maximum Gasteiger partial charge on any atom is 0.410 e. The van der Waals surface area contributed by atoms with Gasteiger partial charge in [0, 0.05) is 17.8 Å². The third-order valence-electron chi connectivity index (χ3n) is 4.39. The van der Waals surface area contributed by atoms with E-state index in [1.807, 2.05) is 39.8 Å². The molecule has 2 amide bonds. The molecule has 3 aromatic heterocycles. The van der Waals surface area contributed by atoms with Crippen molar-refractivity contribution in [1.29, 1.82) is 0 Å². The molecular formula is C20H21ClN4O3S3.